The molecule has 0 bridgehead atoms. The number of benzene rings is 2. The number of H-pyrrole nitrogens is 1. The van der Waals surface area contributed by atoms with Crippen LogP contribution >= 0.6 is 0 Å². The van der Waals surface area contributed by atoms with Crippen LogP contribution in [0.25, 0.3) is 33.7 Å². The SMILES string of the molecule is COc1ccc(-c2ccnc3nc(-c4cccc(C(=O)NCCC#N)c4)[nH]c23)cc1. The molecule has 0 aliphatic heterocycles. The summed E-state index contributed by atoms with van der Waals surface area (Å²) in [7, 11) is 1.64. The second-order valence-corrected chi connectivity index (χ2v) is 6.62. The van der Waals surface area contributed by atoms with E-state index in [9.17, 15) is 4.79 Å². The molecule has 0 aliphatic rings. The molecular formula is C23H19N5O2. The van der Waals surface area contributed by atoms with Gasteiger partial charge in [-0.05, 0) is 35.9 Å². The van der Waals surface area contributed by atoms with E-state index in [1.54, 1.807) is 31.5 Å². The Balaban J connectivity index is 1.68. The molecule has 7 heteroatoms. The number of carbonyl (C=O) groups is 1. The number of nitrogens with one attached hydrogen (secondary N) is 2. The first-order chi connectivity index (χ1) is 14.7. The summed E-state index contributed by atoms with van der Waals surface area (Å²) in [6.45, 7) is 0.319. The fourth-order valence-electron chi connectivity index (χ4n) is 3.20. The zero-order valence-electron chi connectivity index (χ0n) is 16.3. The number of aromatic nitrogens is 3. The predicted molar refractivity (Wildman–Crippen MR) is 114 cm³/mol. The lowest BCUT2D eigenvalue weighted by Crippen LogP contribution is -2.24. The van der Waals surface area contributed by atoms with Crippen LogP contribution in [0.5, 0.6) is 5.75 Å². The van der Waals surface area contributed by atoms with Crippen molar-refractivity contribution in [2.24, 2.45) is 0 Å². The summed E-state index contributed by atoms with van der Waals surface area (Å²) in [5.41, 5.74) is 4.70. The van der Waals surface area contributed by atoms with Gasteiger partial charge in [0.05, 0.1) is 25.1 Å². The van der Waals surface area contributed by atoms with Crippen LogP contribution < -0.4 is 10.1 Å². The second-order valence-electron chi connectivity index (χ2n) is 6.62. The molecule has 2 heterocycles. The zero-order chi connectivity index (χ0) is 20.9. The Labute approximate surface area is 173 Å². The summed E-state index contributed by atoms with van der Waals surface area (Å²) < 4.78 is 5.23. The van der Waals surface area contributed by atoms with Crippen molar-refractivity contribution >= 4 is 17.1 Å². The van der Waals surface area contributed by atoms with Gasteiger partial charge in [0, 0.05) is 29.4 Å². The maximum absolute atomic E-state index is 12.3. The molecular weight excluding hydrogens is 378 g/mol. The van der Waals surface area contributed by atoms with Gasteiger partial charge >= 0.3 is 0 Å². The lowest BCUT2D eigenvalue weighted by molar-refractivity contribution is 0.0954. The maximum Gasteiger partial charge on any atom is 0.251 e. The highest BCUT2D eigenvalue weighted by molar-refractivity contribution is 5.96. The predicted octanol–water partition coefficient (Wildman–Crippen LogP) is 3.94. The Kier molecular flexibility index (Phi) is 5.39. The van der Waals surface area contributed by atoms with Crippen LogP contribution in [-0.2, 0) is 0 Å². The molecule has 2 N–H and O–H groups in total. The van der Waals surface area contributed by atoms with Gasteiger partial charge < -0.3 is 15.0 Å². The largest absolute Gasteiger partial charge is 0.497 e. The number of ether oxygens (including phenoxy) is 1. The number of aromatic amines is 1. The van der Waals surface area contributed by atoms with Gasteiger partial charge in [-0.15, -0.1) is 0 Å². The number of nitrogens with zero attached hydrogens (tertiary/aromatic N) is 3. The number of carbonyl (C=O) groups excluding carboxylic acids is 1. The molecule has 2 aromatic heterocycles. The molecule has 148 valence electrons. The highest BCUT2D eigenvalue weighted by Crippen LogP contribution is 2.29. The fourth-order valence-corrected chi connectivity index (χ4v) is 3.20. The van der Waals surface area contributed by atoms with Crippen LogP contribution in [0.4, 0.5) is 0 Å². The number of hydrogen-bond donors (Lipinski definition) is 2. The number of imidazole rings is 1. The number of pyridine rings is 1. The van der Waals surface area contributed by atoms with E-state index in [-0.39, 0.29) is 12.3 Å². The van der Waals surface area contributed by atoms with E-state index in [2.05, 4.69) is 20.3 Å². The summed E-state index contributed by atoms with van der Waals surface area (Å²) >= 11 is 0. The molecule has 1 amide bonds. The van der Waals surface area contributed by atoms with Gasteiger partial charge in [0.2, 0.25) is 0 Å². The molecule has 4 aromatic rings. The topological polar surface area (TPSA) is 104 Å². The van der Waals surface area contributed by atoms with E-state index in [4.69, 9.17) is 10.00 Å². The minimum Gasteiger partial charge on any atom is -0.497 e. The minimum atomic E-state index is -0.222. The first kappa shape index (κ1) is 19.2. The first-order valence-electron chi connectivity index (χ1n) is 9.44. The van der Waals surface area contributed by atoms with Crippen LogP contribution in [0.15, 0.2) is 60.8 Å². The lowest BCUT2D eigenvalue weighted by atomic mass is 10.1. The van der Waals surface area contributed by atoms with Crippen molar-refractivity contribution in [2.75, 3.05) is 13.7 Å². The normalized spacial score (nSPS) is 10.5. The van der Waals surface area contributed by atoms with Crippen LogP contribution in [0.1, 0.15) is 16.8 Å². The van der Waals surface area contributed by atoms with Crippen molar-refractivity contribution in [1.29, 1.82) is 5.26 Å². The first-order valence-corrected chi connectivity index (χ1v) is 9.44. The molecule has 4 rings (SSSR count). The number of fused-ring (bicyclic) bond motifs is 1. The van der Waals surface area contributed by atoms with Crippen LogP contribution in [0.2, 0.25) is 0 Å². The van der Waals surface area contributed by atoms with Crippen molar-refractivity contribution in [3.05, 3.63) is 66.4 Å². The molecule has 2 aromatic carbocycles. The minimum absolute atomic E-state index is 0.222. The Morgan fingerprint density at radius 3 is 2.77 bits per heavy atom. The monoisotopic (exact) mass is 397 g/mol. The fraction of sp³-hybridized carbons (Fsp3) is 0.130. The molecule has 0 spiro atoms. The van der Waals surface area contributed by atoms with Gasteiger partial charge in [-0.3, -0.25) is 4.79 Å². The van der Waals surface area contributed by atoms with Crippen LogP contribution in [0.3, 0.4) is 0 Å². The van der Waals surface area contributed by atoms with Crippen LogP contribution in [-0.4, -0.2) is 34.5 Å². The lowest BCUT2D eigenvalue weighted by Gasteiger charge is -2.05. The van der Waals surface area contributed by atoms with Gasteiger partial charge in [0.1, 0.15) is 11.6 Å². The summed E-state index contributed by atoms with van der Waals surface area (Å²) in [5, 5.41) is 11.3. The molecule has 0 fully saturated rings. The standard InChI is InChI=1S/C23H19N5O2/c1-30-18-8-6-15(7-9-18)19-10-13-25-22-20(19)27-21(28-22)16-4-2-5-17(14-16)23(29)26-12-3-11-24/h2,4-10,13-14H,3,12H2,1H3,(H,26,29)(H,25,27,28). The third kappa shape index (κ3) is 3.84. The Morgan fingerprint density at radius 2 is 2.00 bits per heavy atom. The molecule has 0 unspecified atom stereocenters. The van der Waals surface area contributed by atoms with Crippen molar-refractivity contribution in [3.8, 4) is 34.3 Å². The average molecular weight is 397 g/mol. The highest BCUT2D eigenvalue weighted by atomic mass is 16.5. The van der Waals surface area contributed by atoms with Gasteiger partial charge in [-0.25, -0.2) is 9.97 Å². The van der Waals surface area contributed by atoms with E-state index in [0.717, 1.165) is 28.0 Å². The second kappa shape index (κ2) is 8.45. The smallest absolute Gasteiger partial charge is 0.251 e. The van der Waals surface area contributed by atoms with E-state index in [1.807, 2.05) is 42.5 Å². The molecule has 0 aliphatic carbocycles. The molecule has 7 nitrogen and oxygen atoms in total. The number of hydrogen-bond acceptors (Lipinski definition) is 5. The van der Waals surface area contributed by atoms with Gasteiger partial charge in [-0.1, -0.05) is 24.3 Å². The van der Waals surface area contributed by atoms with Gasteiger partial charge in [0.25, 0.3) is 5.91 Å². The zero-order valence-corrected chi connectivity index (χ0v) is 16.3. The average Bonchev–Trinajstić information content (AvgIpc) is 3.24. The molecule has 0 radical (unpaired) electrons. The van der Waals surface area contributed by atoms with Gasteiger partial charge in [0.15, 0.2) is 5.65 Å². The van der Waals surface area contributed by atoms with Crippen molar-refractivity contribution < 1.29 is 9.53 Å². The summed E-state index contributed by atoms with van der Waals surface area (Å²) in [5.74, 6) is 1.20. The highest BCUT2D eigenvalue weighted by Gasteiger charge is 2.13. The molecule has 0 saturated carbocycles. The van der Waals surface area contributed by atoms with Gasteiger partial charge in [-0.2, -0.15) is 5.26 Å². The molecule has 0 saturated heterocycles. The number of amides is 1. The summed E-state index contributed by atoms with van der Waals surface area (Å²) in [6, 6.07) is 18.9. The maximum atomic E-state index is 12.3. The Bertz CT molecular complexity index is 1240. The Hall–Kier alpha value is -4.18. The van der Waals surface area contributed by atoms with Crippen LogP contribution in [0, 0.1) is 11.3 Å². The number of methoxy groups -OCH3 is 1. The number of rotatable bonds is 6. The van der Waals surface area contributed by atoms with Crippen molar-refractivity contribution in [3.63, 3.8) is 0 Å². The molecule has 0 atom stereocenters. The van der Waals surface area contributed by atoms with E-state index in [1.165, 1.54) is 0 Å². The Morgan fingerprint density at radius 1 is 1.17 bits per heavy atom. The summed E-state index contributed by atoms with van der Waals surface area (Å²) in [4.78, 5) is 24.6. The third-order valence-electron chi connectivity index (χ3n) is 4.71. The molecule has 30 heavy (non-hydrogen) atoms. The van der Waals surface area contributed by atoms with E-state index < -0.39 is 0 Å². The quantitative estimate of drug-likeness (QED) is 0.480. The van der Waals surface area contributed by atoms with Crippen molar-refractivity contribution in [2.45, 2.75) is 6.42 Å². The number of nitriles is 1. The van der Waals surface area contributed by atoms with E-state index >= 15 is 0 Å². The third-order valence-corrected chi connectivity index (χ3v) is 4.71. The van der Waals surface area contributed by atoms with Crippen molar-refractivity contribution in [1.82, 2.24) is 20.3 Å². The summed E-state index contributed by atoms with van der Waals surface area (Å²) in [6.07, 6.45) is 2.00. The van der Waals surface area contributed by atoms with E-state index in [0.29, 0.717) is 23.6 Å².